The molecule has 18 heavy (non-hydrogen) atoms. The molecular formula is C14H22N4. The van der Waals surface area contributed by atoms with Crippen molar-refractivity contribution < 1.29 is 0 Å². The smallest absolute Gasteiger partial charge is 0.213 e. The number of para-hydroxylation sites is 1. The molecule has 0 atom stereocenters. The average molecular weight is 246 g/mol. The predicted octanol–water partition coefficient (Wildman–Crippen LogP) is 2.26. The van der Waals surface area contributed by atoms with Crippen LogP contribution in [0.4, 0.5) is 5.69 Å². The van der Waals surface area contributed by atoms with Gasteiger partial charge in [0.1, 0.15) is 0 Å². The maximum absolute atomic E-state index is 5.63. The Morgan fingerprint density at radius 2 is 2.11 bits per heavy atom. The van der Waals surface area contributed by atoms with Crippen LogP contribution < -0.4 is 11.3 Å². The molecule has 1 aliphatic carbocycles. The SMILES string of the molecule is CCCN(CC1CC1)C(=Nc1ccccc1)NN. The average Bonchev–Trinajstić information content (AvgIpc) is 3.21. The minimum atomic E-state index is 0.773. The third-order valence-electron chi connectivity index (χ3n) is 3.09. The molecule has 4 nitrogen and oxygen atoms in total. The molecule has 0 aromatic heterocycles. The van der Waals surface area contributed by atoms with Gasteiger partial charge in [0.05, 0.1) is 5.69 Å². The Bertz CT molecular complexity index is 384. The first-order valence-corrected chi connectivity index (χ1v) is 6.68. The van der Waals surface area contributed by atoms with Crippen molar-refractivity contribution in [2.45, 2.75) is 26.2 Å². The molecule has 0 unspecified atom stereocenters. The van der Waals surface area contributed by atoms with Gasteiger partial charge in [-0.15, -0.1) is 0 Å². The number of rotatable bonds is 5. The fraction of sp³-hybridized carbons (Fsp3) is 0.500. The zero-order valence-electron chi connectivity index (χ0n) is 11.0. The minimum absolute atomic E-state index is 0.773. The fourth-order valence-electron chi connectivity index (χ4n) is 1.98. The summed E-state index contributed by atoms with van der Waals surface area (Å²) in [5.74, 6) is 7.22. The summed E-state index contributed by atoms with van der Waals surface area (Å²) in [5.41, 5.74) is 3.68. The van der Waals surface area contributed by atoms with Gasteiger partial charge in [0, 0.05) is 13.1 Å². The lowest BCUT2D eigenvalue weighted by molar-refractivity contribution is 0.386. The van der Waals surface area contributed by atoms with Crippen LogP contribution in [-0.2, 0) is 0 Å². The number of nitrogens with two attached hydrogens (primary N) is 1. The molecule has 1 aromatic rings. The van der Waals surface area contributed by atoms with E-state index >= 15 is 0 Å². The van der Waals surface area contributed by atoms with Gasteiger partial charge in [-0.05, 0) is 37.3 Å². The first-order chi connectivity index (χ1) is 8.83. The van der Waals surface area contributed by atoms with Gasteiger partial charge in [-0.1, -0.05) is 25.1 Å². The zero-order valence-corrected chi connectivity index (χ0v) is 11.0. The van der Waals surface area contributed by atoms with Gasteiger partial charge in [0.25, 0.3) is 0 Å². The molecule has 3 N–H and O–H groups in total. The van der Waals surface area contributed by atoms with E-state index in [2.05, 4.69) is 22.2 Å². The Kier molecular flexibility index (Phi) is 4.59. The van der Waals surface area contributed by atoms with Gasteiger partial charge in [0.15, 0.2) is 0 Å². The predicted molar refractivity (Wildman–Crippen MR) is 75.4 cm³/mol. The Hall–Kier alpha value is -1.55. The van der Waals surface area contributed by atoms with Crippen molar-refractivity contribution in [2.24, 2.45) is 16.8 Å². The van der Waals surface area contributed by atoms with Crippen LogP contribution in [0.3, 0.4) is 0 Å². The highest BCUT2D eigenvalue weighted by atomic mass is 15.4. The standard InChI is InChI=1S/C14H22N4/c1-2-10-18(11-12-8-9-12)14(17-15)16-13-6-4-3-5-7-13/h3-7,12H,2,8-11,15H2,1H3,(H,16,17). The Morgan fingerprint density at radius 3 is 2.67 bits per heavy atom. The molecule has 98 valence electrons. The lowest BCUT2D eigenvalue weighted by Crippen LogP contribution is -2.45. The molecule has 0 amide bonds. The second-order valence-corrected chi connectivity index (χ2v) is 4.80. The summed E-state index contributed by atoms with van der Waals surface area (Å²) >= 11 is 0. The van der Waals surface area contributed by atoms with E-state index in [9.17, 15) is 0 Å². The van der Waals surface area contributed by atoms with Crippen LogP contribution in [0.2, 0.25) is 0 Å². The Labute approximate surface area is 109 Å². The van der Waals surface area contributed by atoms with Crippen molar-refractivity contribution in [3.05, 3.63) is 30.3 Å². The number of hydrogen-bond donors (Lipinski definition) is 2. The van der Waals surface area contributed by atoms with Crippen LogP contribution in [0.25, 0.3) is 0 Å². The van der Waals surface area contributed by atoms with E-state index < -0.39 is 0 Å². The monoisotopic (exact) mass is 246 g/mol. The number of nitrogens with zero attached hydrogens (tertiary/aromatic N) is 2. The van der Waals surface area contributed by atoms with Crippen LogP contribution >= 0.6 is 0 Å². The third kappa shape index (κ3) is 3.74. The van der Waals surface area contributed by atoms with Crippen LogP contribution in [0, 0.1) is 5.92 Å². The molecule has 0 bridgehead atoms. The second-order valence-electron chi connectivity index (χ2n) is 4.80. The lowest BCUT2D eigenvalue weighted by Gasteiger charge is -2.25. The van der Waals surface area contributed by atoms with E-state index in [1.807, 2.05) is 30.3 Å². The van der Waals surface area contributed by atoms with Gasteiger partial charge in [-0.3, -0.25) is 5.43 Å². The number of guanidine groups is 1. The summed E-state index contributed by atoms with van der Waals surface area (Å²) in [6.07, 6.45) is 3.77. The van der Waals surface area contributed by atoms with E-state index in [4.69, 9.17) is 5.84 Å². The van der Waals surface area contributed by atoms with Crippen molar-refractivity contribution in [1.82, 2.24) is 10.3 Å². The van der Waals surface area contributed by atoms with Crippen LogP contribution in [0.1, 0.15) is 26.2 Å². The fourth-order valence-corrected chi connectivity index (χ4v) is 1.98. The largest absolute Gasteiger partial charge is 0.341 e. The quantitative estimate of drug-likeness (QED) is 0.363. The van der Waals surface area contributed by atoms with Gasteiger partial charge in [0.2, 0.25) is 5.96 Å². The van der Waals surface area contributed by atoms with Crippen molar-refractivity contribution in [2.75, 3.05) is 13.1 Å². The maximum Gasteiger partial charge on any atom is 0.213 e. The molecule has 0 saturated heterocycles. The maximum atomic E-state index is 5.63. The van der Waals surface area contributed by atoms with Gasteiger partial charge < -0.3 is 4.90 Å². The van der Waals surface area contributed by atoms with Crippen LogP contribution in [-0.4, -0.2) is 23.9 Å². The molecule has 1 saturated carbocycles. The summed E-state index contributed by atoms with van der Waals surface area (Å²) < 4.78 is 0. The Morgan fingerprint density at radius 1 is 1.39 bits per heavy atom. The highest BCUT2D eigenvalue weighted by molar-refractivity contribution is 5.82. The normalized spacial score (nSPS) is 15.6. The topological polar surface area (TPSA) is 53.6 Å². The van der Waals surface area contributed by atoms with E-state index in [1.54, 1.807) is 0 Å². The number of aliphatic imine (C=N–C) groups is 1. The minimum Gasteiger partial charge on any atom is -0.341 e. The molecule has 0 spiro atoms. The molecular weight excluding hydrogens is 224 g/mol. The Balaban J connectivity index is 2.10. The van der Waals surface area contributed by atoms with Crippen molar-refractivity contribution in [3.8, 4) is 0 Å². The molecule has 2 rings (SSSR count). The first kappa shape index (κ1) is 12.9. The van der Waals surface area contributed by atoms with E-state index in [0.717, 1.165) is 37.1 Å². The first-order valence-electron chi connectivity index (χ1n) is 6.68. The van der Waals surface area contributed by atoms with E-state index in [-0.39, 0.29) is 0 Å². The number of hydrogen-bond acceptors (Lipinski definition) is 2. The lowest BCUT2D eigenvalue weighted by atomic mass is 10.3. The summed E-state index contributed by atoms with van der Waals surface area (Å²) in [5, 5.41) is 0. The number of nitrogens with one attached hydrogen (secondary N) is 1. The van der Waals surface area contributed by atoms with Crippen molar-refractivity contribution in [1.29, 1.82) is 0 Å². The number of hydrazine groups is 1. The molecule has 0 radical (unpaired) electrons. The van der Waals surface area contributed by atoms with Crippen LogP contribution in [0.15, 0.2) is 35.3 Å². The number of benzene rings is 1. The van der Waals surface area contributed by atoms with Crippen LogP contribution in [0.5, 0.6) is 0 Å². The molecule has 4 heteroatoms. The second kappa shape index (κ2) is 6.40. The molecule has 1 aliphatic rings. The zero-order chi connectivity index (χ0) is 12.8. The summed E-state index contributed by atoms with van der Waals surface area (Å²) in [4.78, 5) is 6.84. The van der Waals surface area contributed by atoms with E-state index in [0.29, 0.717) is 0 Å². The van der Waals surface area contributed by atoms with Gasteiger partial charge in [-0.2, -0.15) is 0 Å². The molecule has 0 aliphatic heterocycles. The van der Waals surface area contributed by atoms with Gasteiger partial charge >= 0.3 is 0 Å². The molecule has 0 heterocycles. The van der Waals surface area contributed by atoms with Gasteiger partial charge in [-0.25, -0.2) is 10.8 Å². The van der Waals surface area contributed by atoms with Crippen molar-refractivity contribution in [3.63, 3.8) is 0 Å². The summed E-state index contributed by atoms with van der Waals surface area (Å²) in [7, 11) is 0. The third-order valence-corrected chi connectivity index (χ3v) is 3.09. The summed E-state index contributed by atoms with van der Waals surface area (Å²) in [6.45, 7) is 4.23. The summed E-state index contributed by atoms with van der Waals surface area (Å²) in [6, 6.07) is 9.93. The highest BCUT2D eigenvalue weighted by Gasteiger charge is 2.25. The molecule has 1 aromatic carbocycles. The highest BCUT2D eigenvalue weighted by Crippen LogP contribution is 2.29. The van der Waals surface area contributed by atoms with Crippen molar-refractivity contribution >= 4 is 11.6 Å². The molecule has 1 fully saturated rings. The van der Waals surface area contributed by atoms with E-state index in [1.165, 1.54) is 12.8 Å².